The number of amides is 1. The highest BCUT2D eigenvalue weighted by molar-refractivity contribution is 7.98. The predicted molar refractivity (Wildman–Crippen MR) is 63.8 cm³/mol. The molecule has 0 aromatic carbocycles. The largest absolute Gasteiger partial charge is 0.347 e. The van der Waals surface area contributed by atoms with E-state index in [1.807, 2.05) is 13.3 Å². The minimum Gasteiger partial charge on any atom is -0.347 e. The normalized spacial score (nSPS) is 12.4. The number of rotatable bonds is 6. The number of hydrogen-bond acceptors (Lipinski definition) is 5. The van der Waals surface area contributed by atoms with Crippen LogP contribution in [0.1, 0.15) is 12.2 Å². The van der Waals surface area contributed by atoms with Crippen LogP contribution in [0.3, 0.4) is 0 Å². The Morgan fingerprint density at radius 1 is 1.75 bits per heavy atom. The fraction of sp³-hybridized carbons (Fsp3) is 0.667. The summed E-state index contributed by atoms with van der Waals surface area (Å²) >= 11 is 1.68. The lowest BCUT2D eigenvalue weighted by molar-refractivity contribution is -0.122. The summed E-state index contributed by atoms with van der Waals surface area (Å²) in [6, 6.07) is -0.444. The van der Waals surface area contributed by atoms with Gasteiger partial charge >= 0.3 is 0 Å². The van der Waals surface area contributed by atoms with Gasteiger partial charge in [0.05, 0.1) is 12.6 Å². The molecule has 0 saturated heterocycles. The molecule has 0 saturated carbocycles. The molecule has 0 radical (unpaired) electrons. The summed E-state index contributed by atoms with van der Waals surface area (Å²) in [5.74, 6) is 1.46. The van der Waals surface area contributed by atoms with Gasteiger partial charge in [-0.15, -0.1) is 10.2 Å². The molecule has 0 fully saturated rings. The van der Waals surface area contributed by atoms with Crippen LogP contribution in [0.4, 0.5) is 0 Å². The Balaban J connectivity index is 2.32. The smallest absolute Gasteiger partial charge is 0.237 e. The topological polar surface area (TPSA) is 85.8 Å². The van der Waals surface area contributed by atoms with E-state index >= 15 is 0 Å². The number of carbonyl (C=O) groups excluding carboxylic acids is 1. The van der Waals surface area contributed by atoms with Crippen LogP contribution in [-0.4, -0.2) is 38.7 Å². The predicted octanol–water partition coefficient (Wildman–Crippen LogP) is -0.488. The Bertz CT molecular complexity index is 340. The van der Waals surface area contributed by atoms with Crippen LogP contribution >= 0.6 is 11.8 Å². The fourth-order valence-electron chi connectivity index (χ4n) is 1.14. The first kappa shape index (κ1) is 13.0. The second kappa shape index (κ2) is 6.49. The summed E-state index contributed by atoms with van der Waals surface area (Å²) in [7, 11) is 1.83. The fourth-order valence-corrected chi connectivity index (χ4v) is 1.63. The molecule has 1 rings (SSSR count). The van der Waals surface area contributed by atoms with Gasteiger partial charge in [0, 0.05) is 7.05 Å². The molecule has 90 valence electrons. The molecule has 7 heteroatoms. The number of aromatic nitrogens is 3. The Hall–Kier alpha value is -1.08. The first-order valence-electron chi connectivity index (χ1n) is 5.00. The van der Waals surface area contributed by atoms with Gasteiger partial charge in [0.2, 0.25) is 5.91 Å². The number of thioether (sulfide) groups is 1. The SMILES string of the molecule is CSCC[C@@H](N)C(=O)NCc1nncn1C. The van der Waals surface area contributed by atoms with E-state index in [4.69, 9.17) is 5.73 Å². The third-order valence-corrected chi connectivity index (χ3v) is 2.84. The number of aryl methyl sites for hydroxylation is 1. The summed E-state index contributed by atoms with van der Waals surface area (Å²) in [5.41, 5.74) is 5.71. The Labute approximate surface area is 99.0 Å². The quantitative estimate of drug-likeness (QED) is 0.704. The van der Waals surface area contributed by atoms with Crippen LogP contribution in [0.2, 0.25) is 0 Å². The maximum atomic E-state index is 11.6. The van der Waals surface area contributed by atoms with Crippen molar-refractivity contribution in [2.45, 2.75) is 19.0 Å². The molecule has 1 heterocycles. The lowest BCUT2D eigenvalue weighted by atomic mass is 10.2. The highest BCUT2D eigenvalue weighted by Gasteiger charge is 2.13. The van der Waals surface area contributed by atoms with E-state index in [0.717, 1.165) is 5.75 Å². The van der Waals surface area contributed by atoms with Crippen LogP contribution in [0.5, 0.6) is 0 Å². The van der Waals surface area contributed by atoms with Gasteiger partial charge in [0.25, 0.3) is 0 Å². The third-order valence-electron chi connectivity index (χ3n) is 2.20. The molecular formula is C9H17N5OS. The van der Waals surface area contributed by atoms with Crippen molar-refractivity contribution in [2.24, 2.45) is 12.8 Å². The van der Waals surface area contributed by atoms with Gasteiger partial charge in [-0.25, -0.2) is 0 Å². The third kappa shape index (κ3) is 3.82. The molecule has 3 N–H and O–H groups in total. The number of nitrogens with two attached hydrogens (primary N) is 1. The highest BCUT2D eigenvalue weighted by atomic mass is 32.2. The second-order valence-corrected chi connectivity index (χ2v) is 4.45. The zero-order valence-electron chi connectivity index (χ0n) is 9.51. The van der Waals surface area contributed by atoms with Crippen LogP contribution in [-0.2, 0) is 18.4 Å². The van der Waals surface area contributed by atoms with Crippen LogP contribution in [0.15, 0.2) is 6.33 Å². The van der Waals surface area contributed by atoms with Crippen LogP contribution in [0, 0.1) is 0 Å². The second-order valence-electron chi connectivity index (χ2n) is 3.46. The van der Waals surface area contributed by atoms with E-state index < -0.39 is 6.04 Å². The zero-order chi connectivity index (χ0) is 12.0. The Morgan fingerprint density at radius 2 is 2.50 bits per heavy atom. The number of carbonyl (C=O) groups is 1. The van der Waals surface area contributed by atoms with E-state index in [9.17, 15) is 4.79 Å². The molecular weight excluding hydrogens is 226 g/mol. The minimum atomic E-state index is -0.444. The van der Waals surface area contributed by atoms with Crippen LogP contribution in [0.25, 0.3) is 0 Å². The molecule has 1 aromatic heterocycles. The lowest BCUT2D eigenvalue weighted by Crippen LogP contribution is -2.40. The van der Waals surface area contributed by atoms with Gasteiger partial charge < -0.3 is 15.6 Å². The monoisotopic (exact) mass is 243 g/mol. The molecule has 6 nitrogen and oxygen atoms in total. The van der Waals surface area contributed by atoms with E-state index in [-0.39, 0.29) is 5.91 Å². The number of hydrogen-bond donors (Lipinski definition) is 2. The van der Waals surface area contributed by atoms with E-state index in [0.29, 0.717) is 18.8 Å². The van der Waals surface area contributed by atoms with Gasteiger partial charge in [0.1, 0.15) is 6.33 Å². The molecule has 0 aliphatic heterocycles. The van der Waals surface area contributed by atoms with Gasteiger partial charge in [-0.1, -0.05) is 0 Å². The van der Waals surface area contributed by atoms with Crippen LogP contribution < -0.4 is 11.1 Å². The van der Waals surface area contributed by atoms with Crippen molar-refractivity contribution in [3.8, 4) is 0 Å². The zero-order valence-corrected chi connectivity index (χ0v) is 10.3. The molecule has 0 aliphatic carbocycles. The van der Waals surface area contributed by atoms with E-state index in [1.54, 1.807) is 22.7 Å². The van der Waals surface area contributed by atoms with Crippen molar-refractivity contribution in [1.29, 1.82) is 0 Å². The van der Waals surface area contributed by atoms with Gasteiger partial charge in [0.15, 0.2) is 5.82 Å². The first-order chi connectivity index (χ1) is 7.65. The van der Waals surface area contributed by atoms with Gasteiger partial charge in [-0.05, 0) is 18.4 Å². The molecule has 1 amide bonds. The molecule has 0 unspecified atom stereocenters. The van der Waals surface area contributed by atoms with Gasteiger partial charge in [-0.2, -0.15) is 11.8 Å². The summed E-state index contributed by atoms with van der Waals surface area (Å²) in [6.45, 7) is 0.363. The van der Waals surface area contributed by atoms with Crippen molar-refractivity contribution in [2.75, 3.05) is 12.0 Å². The molecule has 1 atom stereocenters. The maximum Gasteiger partial charge on any atom is 0.237 e. The van der Waals surface area contributed by atoms with E-state index in [2.05, 4.69) is 15.5 Å². The van der Waals surface area contributed by atoms with Crippen molar-refractivity contribution in [1.82, 2.24) is 20.1 Å². The molecule has 1 aromatic rings. The minimum absolute atomic E-state index is 0.142. The first-order valence-corrected chi connectivity index (χ1v) is 6.39. The highest BCUT2D eigenvalue weighted by Crippen LogP contribution is 1.99. The molecule has 16 heavy (non-hydrogen) atoms. The average Bonchev–Trinajstić information content (AvgIpc) is 2.68. The van der Waals surface area contributed by atoms with Crippen molar-refractivity contribution < 1.29 is 4.79 Å². The van der Waals surface area contributed by atoms with Crippen molar-refractivity contribution in [3.05, 3.63) is 12.2 Å². The van der Waals surface area contributed by atoms with Gasteiger partial charge in [-0.3, -0.25) is 4.79 Å². The molecule has 0 bridgehead atoms. The summed E-state index contributed by atoms with van der Waals surface area (Å²) in [6.07, 6.45) is 4.27. The average molecular weight is 243 g/mol. The molecule has 0 aliphatic rings. The summed E-state index contributed by atoms with van der Waals surface area (Å²) in [5, 5.41) is 10.3. The van der Waals surface area contributed by atoms with Crippen molar-refractivity contribution >= 4 is 17.7 Å². The summed E-state index contributed by atoms with van der Waals surface area (Å²) < 4.78 is 1.76. The molecule has 0 spiro atoms. The Morgan fingerprint density at radius 3 is 3.06 bits per heavy atom. The number of nitrogens with one attached hydrogen (secondary N) is 1. The van der Waals surface area contributed by atoms with Crippen molar-refractivity contribution in [3.63, 3.8) is 0 Å². The Kier molecular flexibility index (Phi) is 5.27. The summed E-state index contributed by atoms with van der Waals surface area (Å²) in [4.78, 5) is 11.6. The lowest BCUT2D eigenvalue weighted by Gasteiger charge is -2.10. The maximum absolute atomic E-state index is 11.6. The van der Waals surface area contributed by atoms with E-state index in [1.165, 1.54) is 0 Å². The standard InChI is InChI=1S/C9H17N5OS/c1-14-6-12-13-8(14)5-11-9(15)7(10)3-4-16-2/h6-7H,3-5,10H2,1-2H3,(H,11,15)/t7-/m1/s1. The number of nitrogens with zero attached hydrogens (tertiary/aromatic N) is 3.